The maximum absolute atomic E-state index is 7.00. The minimum Gasteiger partial charge on any atom is -1.00 e. The normalized spacial score (nSPS) is 23.1. The summed E-state index contributed by atoms with van der Waals surface area (Å²) in [6.07, 6.45) is 11.5. The molecule has 0 fully saturated rings. The molecule has 0 bridgehead atoms. The van der Waals surface area contributed by atoms with Gasteiger partial charge in [0.2, 0.25) is 0 Å². The van der Waals surface area contributed by atoms with Crippen LogP contribution in [-0.2, 0) is 24.9 Å². The van der Waals surface area contributed by atoms with Gasteiger partial charge in [0.1, 0.15) is 0 Å². The first-order valence-electron chi connectivity index (χ1n) is 9.58. The van der Waals surface area contributed by atoms with E-state index in [1.807, 2.05) is 11.8 Å². The van der Waals surface area contributed by atoms with Gasteiger partial charge in [-0.25, -0.2) is 0 Å². The van der Waals surface area contributed by atoms with Crippen molar-refractivity contribution < 1.29 is 49.7 Å². The van der Waals surface area contributed by atoms with Crippen LogP contribution in [0.15, 0.2) is 44.2 Å². The Hall–Kier alpha value is 0.781. The van der Waals surface area contributed by atoms with Crippen LogP contribution >= 0.6 is 11.8 Å². The molecule has 2 aliphatic carbocycles. The number of hydrogen-bond donors (Lipinski definition) is 0. The molecule has 6 heteroatoms. The van der Waals surface area contributed by atoms with Gasteiger partial charge in [0.15, 0.2) is 0 Å². The fourth-order valence-corrected chi connectivity index (χ4v) is 7.48. The molecular weight excluding hydrogens is 459 g/mol. The summed E-state index contributed by atoms with van der Waals surface area (Å²) in [5.74, 6) is 0. The molecule has 1 unspecified atom stereocenters. The fraction of sp³-hybridized carbons (Fsp3) is 0.636. The molecule has 0 amide bonds. The summed E-state index contributed by atoms with van der Waals surface area (Å²) in [7, 11) is -1.74. The second kappa shape index (κ2) is 9.94. The van der Waals surface area contributed by atoms with Crippen LogP contribution in [0.25, 0.3) is 0 Å². The molecule has 1 nitrogen and oxygen atoms in total. The minimum atomic E-state index is -1.74. The van der Waals surface area contributed by atoms with Crippen molar-refractivity contribution in [1.29, 1.82) is 0 Å². The predicted octanol–water partition coefficient (Wildman–Crippen LogP) is 1.34. The quantitative estimate of drug-likeness (QED) is 0.431. The van der Waals surface area contributed by atoms with Crippen LogP contribution in [0.2, 0.25) is 19.6 Å². The van der Waals surface area contributed by atoms with E-state index in [1.165, 1.54) is 19.9 Å². The second-order valence-electron chi connectivity index (χ2n) is 10.4. The van der Waals surface area contributed by atoms with Gasteiger partial charge in [0.25, 0.3) is 0 Å². The molecule has 0 N–H and O–H groups in total. The van der Waals surface area contributed by atoms with Crippen molar-refractivity contribution in [2.24, 2.45) is 10.8 Å². The molecule has 0 saturated carbocycles. The summed E-state index contributed by atoms with van der Waals surface area (Å²) in [6, 6.07) is 0. The topological polar surface area (TPSA) is 9.23 Å². The fourth-order valence-electron chi connectivity index (χ4n) is 3.46. The van der Waals surface area contributed by atoms with Gasteiger partial charge in [-0.05, 0) is 0 Å². The Bertz CT molecular complexity index is 691. The SMILES string of the molecule is CC(C)(C)C1=CCC(O[Si](C)(C)C)(SC2=[C]([Ti+2])CC=C2)C(C(C)(C)C)=C1.[Cl-].[Cl-]. The molecule has 28 heavy (non-hydrogen) atoms. The number of hydrogen-bond acceptors (Lipinski definition) is 2. The maximum atomic E-state index is 7.00. The van der Waals surface area contributed by atoms with E-state index >= 15 is 0 Å². The average Bonchev–Trinajstić information content (AvgIpc) is 2.79. The Morgan fingerprint density at radius 1 is 1.04 bits per heavy atom. The third-order valence-electron chi connectivity index (χ3n) is 4.61. The van der Waals surface area contributed by atoms with Crippen LogP contribution in [0, 0.1) is 10.8 Å². The summed E-state index contributed by atoms with van der Waals surface area (Å²) in [5.41, 5.74) is 3.10. The molecule has 0 aliphatic heterocycles. The van der Waals surface area contributed by atoms with Gasteiger partial charge in [0.05, 0.1) is 0 Å². The van der Waals surface area contributed by atoms with E-state index in [0.29, 0.717) is 0 Å². The molecule has 0 saturated heterocycles. The van der Waals surface area contributed by atoms with E-state index in [0.717, 1.165) is 12.8 Å². The van der Waals surface area contributed by atoms with E-state index in [1.54, 1.807) is 0 Å². The van der Waals surface area contributed by atoms with Crippen molar-refractivity contribution in [3.63, 3.8) is 0 Å². The van der Waals surface area contributed by atoms with Gasteiger partial charge in [-0.15, -0.1) is 0 Å². The maximum Gasteiger partial charge on any atom is -1.00 e. The molecule has 0 aromatic carbocycles. The summed E-state index contributed by atoms with van der Waals surface area (Å²) in [5, 5.41) is 0. The minimum absolute atomic E-state index is 0. The largest absolute Gasteiger partial charge is 1.00 e. The Kier molecular flexibility index (Phi) is 10.2. The molecule has 0 aromatic rings. The standard InChI is InChI=1S/C22H35OSSi.2ClH.Ti/c1-20(2,3)17-14-15-22(23-25(7,8)9,19(16-17)21(4,5)6)24-18-12-10-11-13-18;;;/h10,12,14,16H,11,15H2,1-9H3;2*1H;/q;;;+2/p-2. The van der Waals surface area contributed by atoms with E-state index in [9.17, 15) is 0 Å². The van der Waals surface area contributed by atoms with E-state index < -0.39 is 8.32 Å². The van der Waals surface area contributed by atoms with Crippen molar-refractivity contribution in [3.05, 3.63) is 44.2 Å². The molecule has 2 rings (SSSR count). The van der Waals surface area contributed by atoms with Gasteiger partial charge in [-0.1, -0.05) is 0 Å². The summed E-state index contributed by atoms with van der Waals surface area (Å²) >= 11 is 4.20. The summed E-state index contributed by atoms with van der Waals surface area (Å²) < 4.78 is 8.46. The molecule has 0 spiro atoms. The molecule has 0 heterocycles. The first-order chi connectivity index (χ1) is 11.6. The second-order valence-corrected chi connectivity index (χ2v) is 17.1. The van der Waals surface area contributed by atoms with Gasteiger partial charge < -0.3 is 24.8 Å². The number of allylic oxidation sites excluding steroid dienone is 5. The predicted molar refractivity (Wildman–Crippen MR) is 115 cm³/mol. The Morgan fingerprint density at radius 3 is 2.00 bits per heavy atom. The molecule has 1 atom stereocenters. The first-order valence-corrected chi connectivity index (χ1v) is 14.6. The summed E-state index contributed by atoms with van der Waals surface area (Å²) in [4.78, 5) is 1.11. The van der Waals surface area contributed by atoms with Crippen LogP contribution in [0.3, 0.4) is 0 Å². The number of halogens is 2. The zero-order valence-electron chi connectivity index (χ0n) is 18.8. The van der Waals surface area contributed by atoms with Gasteiger partial charge >= 0.3 is 179 Å². The number of thioether (sulfide) groups is 1. The molecular formula is C22H35Cl2OSSiTi. The van der Waals surface area contributed by atoms with Crippen LogP contribution < -0.4 is 24.8 Å². The molecule has 157 valence electrons. The first kappa shape index (κ1) is 28.8. The van der Waals surface area contributed by atoms with Gasteiger partial charge in [0, 0.05) is 0 Å². The van der Waals surface area contributed by atoms with Crippen molar-refractivity contribution in [3.8, 4) is 0 Å². The smallest absolute Gasteiger partial charge is 1.00 e. The average molecular weight is 494 g/mol. The van der Waals surface area contributed by atoms with Crippen molar-refractivity contribution in [2.75, 3.05) is 0 Å². The van der Waals surface area contributed by atoms with Gasteiger partial charge in [-0.3, -0.25) is 0 Å². The molecule has 2 aliphatic rings. The van der Waals surface area contributed by atoms with Crippen molar-refractivity contribution >= 4 is 20.1 Å². The number of rotatable bonds is 4. The van der Waals surface area contributed by atoms with Crippen LogP contribution in [0.5, 0.6) is 0 Å². The third-order valence-corrected chi connectivity index (χ3v) is 8.14. The van der Waals surface area contributed by atoms with Crippen LogP contribution in [0.4, 0.5) is 0 Å². The van der Waals surface area contributed by atoms with Crippen molar-refractivity contribution in [2.45, 2.75) is 79.0 Å². The monoisotopic (exact) mass is 493 g/mol. The molecule has 0 aromatic heterocycles. The van der Waals surface area contributed by atoms with E-state index in [4.69, 9.17) is 4.43 Å². The Labute approximate surface area is 202 Å². The zero-order chi connectivity index (χ0) is 20.0. The Morgan fingerprint density at radius 2 is 1.61 bits per heavy atom. The van der Waals surface area contributed by atoms with Crippen molar-refractivity contribution in [1.82, 2.24) is 0 Å². The van der Waals surface area contributed by atoms with E-state index in [-0.39, 0.29) is 40.6 Å². The van der Waals surface area contributed by atoms with Crippen LogP contribution in [0.1, 0.15) is 54.4 Å². The third kappa shape index (κ3) is 7.18. The zero-order valence-corrected chi connectivity index (χ0v) is 23.7. The van der Waals surface area contributed by atoms with E-state index in [2.05, 4.69) is 106 Å². The molecule has 0 radical (unpaired) electrons. The van der Waals surface area contributed by atoms with Gasteiger partial charge in [-0.2, -0.15) is 0 Å². The summed E-state index contributed by atoms with van der Waals surface area (Å²) in [6.45, 7) is 20.8. The van der Waals surface area contributed by atoms with Crippen LogP contribution in [-0.4, -0.2) is 13.3 Å². The Balaban J connectivity index is 0.00000364.